The van der Waals surface area contributed by atoms with Crippen LogP contribution in [0.15, 0.2) is 66.7 Å². The SMILES string of the molecule is COc1ccccc1Nc1ccc(NC(=O)Nc2ccccc2)nn1. The first kappa shape index (κ1) is 16.3. The van der Waals surface area contributed by atoms with Gasteiger partial charge in [-0.1, -0.05) is 30.3 Å². The molecule has 126 valence electrons. The van der Waals surface area contributed by atoms with Crippen LogP contribution in [0.3, 0.4) is 0 Å². The molecule has 0 fully saturated rings. The number of benzene rings is 2. The Balaban J connectivity index is 1.61. The number of amides is 2. The molecule has 1 aromatic heterocycles. The molecule has 0 aliphatic heterocycles. The molecule has 3 aromatic rings. The van der Waals surface area contributed by atoms with Gasteiger partial charge >= 0.3 is 6.03 Å². The molecule has 1 heterocycles. The van der Waals surface area contributed by atoms with Crippen molar-refractivity contribution in [2.45, 2.75) is 0 Å². The highest BCUT2D eigenvalue weighted by Gasteiger charge is 2.06. The molecule has 0 saturated carbocycles. The van der Waals surface area contributed by atoms with E-state index in [9.17, 15) is 4.79 Å². The molecule has 0 aliphatic carbocycles. The summed E-state index contributed by atoms with van der Waals surface area (Å²) in [7, 11) is 1.60. The molecule has 0 atom stereocenters. The molecule has 0 aliphatic rings. The second kappa shape index (κ2) is 7.78. The number of hydrogen-bond donors (Lipinski definition) is 3. The van der Waals surface area contributed by atoms with Crippen molar-refractivity contribution in [1.29, 1.82) is 0 Å². The van der Waals surface area contributed by atoms with Crippen molar-refractivity contribution in [3.05, 3.63) is 66.7 Å². The summed E-state index contributed by atoms with van der Waals surface area (Å²) in [4.78, 5) is 11.9. The number of urea groups is 1. The minimum absolute atomic E-state index is 0.346. The highest BCUT2D eigenvalue weighted by Crippen LogP contribution is 2.26. The van der Waals surface area contributed by atoms with Gasteiger partial charge in [0.2, 0.25) is 0 Å². The smallest absolute Gasteiger partial charge is 0.324 e. The molecule has 0 unspecified atom stereocenters. The van der Waals surface area contributed by atoms with Crippen LogP contribution in [-0.4, -0.2) is 23.3 Å². The number of nitrogens with one attached hydrogen (secondary N) is 3. The summed E-state index contributed by atoms with van der Waals surface area (Å²) < 4.78 is 5.27. The van der Waals surface area contributed by atoms with Crippen molar-refractivity contribution in [1.82, 2.24) is 10.2 Å². The zero-order chi connectivity index (χ0) is 17.5. The maximum Gasteiger partial charge on any atom is 0.324 e. The zero-order valence-electron chi connectivity index (χ0n) is 13.6. The van der Waals surface area contributed by atoms with Gasteiger partial charge in [-0.3, -0.25) is 5.32 Å². The number of methoxy groups -OCH3 is 1. The Morgan fingerprint density at radius 3 is 2.24 bits per heavy atom. The van der Waals surface area contributed by atoms with Gasteiger partial charge in [-0.05, 0) is 36.4 Å². The summed E-state index contributed by atoms with van der Waals surface area (Å²) in [5.41, 5.74) is 1.48. The molecule has 7 heteroatoms. The normalized spacial score (nSPS) is 9.96. The van der Waals surface area contributed by atoms with Crippen LogP contribution in [0.25, 0.3) is 0 Å². The van der Waals surface area contributed by atoms with E-state index in [1.165, 1.54) is 0 Å². The first-order valence-electron chi connectivity index (χ1n) is 7.61. The van der Waals surface area contributed by atoms with Crippen LogP contribution in [0.5, 0.6) is 5.75 Å². The van der Waals surface area contributed by atoms with Crippen molar-refractivity contribution < 1.29 is 9.53 Å². The Hall–Kier alpha value is -3.61. The lowest BCUT2D eigenvalue weighted by molar-refractivity contribution is 0.262. The maximum absolute atomic E-state index is 11.9. The standard InChI is InChI=1S/C18H17N5O2/c1-25-15-10-6-5-9-14(15)20-16-11-12-17(23-22-16)21-18(24)19-13-7-3-2-4-8-13/h2-12H,1H3,(H,20,22)(H2,19,21,23,24). The summed E-state index contributed by atoms with van der Waals surface area (Å²) >= 11 is 0. The summed E-state index contributed by atoms with van der Waals surface area (Å²) in [5.74, 6) is 1.59. The molecule has 7 nitrogen and oxygen atoms in total. The average molecular weight is 335 g/mol. The highest BCUT2D eigenvalue weighted by atomic mass is 16.5. The second-order valence-corrected chi connectivity index (χ2v) is 5.07. The molecular formula is C18H17N5O2. The van der Waals surface area contributed by atoms with Gasteiger partial charge in [-0.2, -0.15) is 0 Å². The van der Waals surface area contributed by atoms with Crippen LogP contribution in [0, 0.1) is 0 Å². The molecule has 0 bridgehead atoms. The van der Waals surface area contributed by atoms with Crippen molar-refractivity contribution in [2.75, 3.05) is 23.1 Å². The van der Waals surface area contributed by atoms with E-state index in [0.717, 1.165) is 5.69 Å². The average Bonchev–Trinajstić information content (AvgIpc) is 2.64. The molecule has 0 radical (unpaired) electrons. The fourth-order valence-electron chi connectivity index (χ4n) is 2.15. The fraction of sp³-hybridized carbons (Fsp3) is 0.0556. The number of anilines is 4. The molecule has 3 N–H and O–H groups in total. The number of para-hydroxylation sites is 3. The first-order chi connectivity index (χ1) is 12.2. The van der Waals surface area contributed by atoms with Gasteiger partial charge in [0, 0.05) is 5.69 Å². The molecular weight excluding hydrogens is 318 g/mol. The number of carbonyl (C=O) groups excluding carboxylic acids is 1. The Morgan fingerprint density at radius 2 is 1.52 bits per heavy atom. The highest BCUT2D eigenvalue weighted by molar-refractivity contribution is 5.99. The van der Waals surface area contributed by atoms with Gasteiger partial charge in [0.15, 0.2) is 11.6 Å². The van der Waals surface area contributed by atoms with E-state index >= 15 is 0 Å². The predicted molar refractivity (Wildman–Crippen MR) is 97.4 cm³/mol. The molecule has 2 aromatic carbocycles. The summed E-state index contributed by atoms with van der Waals surface area (Å²) in [5, 5.41) is 16.5. The van der Waals surface area contributed by atoms with E-state index in [-0.39, 0.29) is 6.03 Å². The van der Waals surface area contributed by atoms with Crippen molar-refractivity contribution in [2.24, 2.45) is 0 Å². The minimum Gasteiger partial charge on any atom is -0.495 e. The van der Waals surface area contributed by atoms with Crippen LogP contribution in [0.1, 0.15) is 0 Å². The van der Waals surface area contributed by atoms with Crippen molar-refractivity contribution >= 4 is 29.0 Å². The summed E-state index contributed by atoms with van der Waals surface area (Å²) in [6.07, 6.45) is 0. The first-order valence-corrected chi connectivity index (χ1v) is 7.61. The molecule has 2 amide bonds. The van der Waals surface area contributed by atoms with Crippen LogP contribution in [0.2, 0.25) is 0 Å². The van der Waals surface area contributed by atoms with E-state index in [2.05, 4.69) is 26.1 Å². The van der Waals surface area contributed by atoms with Gasteiger partial charge in [-0.15, -0.1) is 10.2 Å². The predicted octanol–water partition coefficient (Wildman–Crippen LogP) is 3.87. The lowest BCUT2D eigenvalue weighted by atomic mass is 10.3. The van der Waals surface area contributed by atoms with Crippen LogP contribution in [0.4, 0.5) is 27.8 Å². The minimum atomic E-state index is -0.383. The lowest BCUT2D eigenvalue weighted by Gasteiger charge is -2.10. The second-order valence-electron chi connectivity index (χ2n) is 5.07. The number of ether oxygens (including phenoxy) is 1. The van der Waals surface area contributed by atoms with E-state index in [4.69, 9.17) is 4.74 Å². The Labute approximate surface area is 145 Å². The zero-order valence-corrected chi connectivity index (χ0v) is 13.6. The van der Waals surface area contributed by atoms with Crippen LogP contribution >= 0.6 is 0 Å². The number of rotatable bonds is 5. The molecule has 0 spiro atoms. The lowest BCUT2D eigenvalue weighted by Crippen LogP contribution is -2.20. The molecule has 25 heavy (non-hydrogen) atoms. The number of hydrogen-bond acceptors (Lipinski definition) is 5. The largest absolute Gasteiger partial charge is 0.495 e. The number of nitrogens with zero attached hydrogens (tertiary/aromatic N) is 2. The quantitative estimate of drug-likeness (QED) is 0.659. The van der Waals surface area contributed by atoms with E-state index in [1.807, 2.05) is 42.5 Å². The number of carbonyl (C=O) groups is 1. The van der Waals surface area contributed by atoms with Gasteiger partial charge in [-0.25, -0.2) is 4.79 Å². The van der Waals surface area contributed by atoms with Crippen molar-refractivity contribution in [3.8, 4) is 5.75 Å². The Bertz CT molecular complexity index is 838. The van der Waals surface area contributed by atoms with Gasteiger partial charge in [0.05, 0.1) is 12.8 Å². The monoisotopic (exact) mass is 335 g/mol. The van der Waals surface area contributed by atoms with Gasteiger partial charge in [0.1, 0.15) is 5.75 Å². The maximum atomic E-state index is 11.9. The van der Waals surface area contributed by atoms with Gasteiger partial charge in [0.25, 0.3) is 0 Å². The third-order valence-corrected chi connectivity index (χ3v) is 3.31. The topological polar surface area (TPSA) is 88.2 Å². The van der Waals surface area contributed by atoms with Crippen LogP contribution in [-0.2, 0) is 0 Å². The third-order valence-electron chi connectivity index (χ3n) is 3.31. The third kappa shape index (κ3) is 4.44. The summed E-state index contributed by atoms with van der Waals surface area (Å²) in [6, 6.07) is 19.6. The fourth-order valence-corrected chi connectivity index (χ4v) is 2.15. The summed E-state index contributed by atoms with van der Waals surface area (Å²) in [6.45, 7) is 0. The number of aromatic nitrogens is 2. The van der Waals surface area contributed by atoms with Gasteiger partial charge < -0.3 is 15.4 Å². The van der Waals surface area contributed by atoms with E-state index in [0.29, 0.717) is 23.1 Å². The van der Waals surface area contributed by atoms with Crippen molar-refractivity contribution in [3.63, 3.8) is 0 Å². The van der Waals surface area contributed by atoms with E-state index in [1.54, 1.807) is 31.4 Å². The Kier molecular flexibility index (Phi) is 5.06. The molecule has 0 saturated heterocycles. The van der Waals surface area contributed by atoms with E-state index < -0.39 is 0 Å². The van der Waals surface area contributed by atoms with Crippen LogP contribution < -0.4 is 20.7 Å². The Morgan fingerprint density at radius 1 is 0.840 bits per heavy atom. The molecule has 3 rings (SSSR count).